The molecule has 2 aromatic carbocycles. The predicted molar refractivity (Wildman–Crippen MR) is 112 cm³/mol. The fraction of sp³-hybridized carbons (Fsp3) is 0.381. The molecular formula is C21H24ClN3O3S. The van der Waals surface area contributed by atoms with Crippen LogP contribution in [0.2, 0.25) is 5.02 Å². The summed E-state index contributed by atoms with van der Waals surface area (Å²) in [6.07, 6.45) is 2.06. The molecule has 1 saturated carbocycles. The van der Waals surface area contributed by atoms with Gasteiger partial charge in [-0.05, 0) is 42.7 Å². The number of rotatable bonds is 6. The van der Waals surface area contributed by atoms with Gasteiger partial charge in [0.2, 0.25) is 15.9 Å². The first-order valence-electron chi connectivity index (χ1n) is 9.80. The summed E-state index contributed by atoms with van der Waals surface area (Å²) in [5.74, 6) is -0.00675. The summed E-state index contributed by atoms with van der Waals surface area (Å²) in [4.78, 5) is 15.2. The molecule has 1 saturated heterocycles. The Morgan fingerprint density at radius 3 is 2.17 bits per heavy atom. The minimum atomic E-state index is -3.57. The lowest BCUT2D eigenvalue weighted by Crippen LogP contribution is -2.52. The van der Waals surface area contributed by atoms with Crippen LogP contribution in [0, 0.1) is 0 Å². The highest BCUT2D eigenvalue weighted by Crippen LogP contribution is 2.27. The topological polar surface area (TPSA) is 69.7 Å². The van der Waals surface area contributed by atoms with Crippen molar-refractivity contribution in [2.45, 2.75) is 29.8 Å². The fourth-order valence-electron chi connectivity index (χ4n) is 3.63. The van der Waals surface area contributed by atoms with Crippen molar-refractivity contribution in [3.05, 3.63) is 65.2 Å². The molecule has 1 aliphatic carbocycles. The first kappa shape index (κ1) is 20.3. The lowest BCUT2D eigenvalue weighted by atomic mass is 10.0. The van der Waals surface area contributed by atoms with Crippen LogP contribution in [-0.4, -0.2) is 55.8 Å². The van der Waals surface area contributed by atoms with Crippen molar-refractivity contribution in [2.75, 3.05) is 26.2 Å². The van der Waals surface area contributed by atoms with Crippen molar-refractivity contribution in [3.8, 4) is 0 Å². The largest absolute Gasteiger partial charge is 0.352 e. The van der Waals surface area contributed by atoms with E-state index in [1.165, 1.54) is 16.4 Å². The Morgan fingerprint density at radius 1 is 0.966 bits per heavy atom. The van der Waals surface area contributed by atoms with E-state index in [1.807, 2.05) is 30.3 Å². The van der Waals surface area contributed by atoms with E-state index in [9.17, 15) is 13.2 Å². The van der Waals surface area contributed by atoms with Gasteiger partial charge in [-0.25, -0.2) is 8.42 Å². The van der Waals surface area contributed by atoms with Gasteiger partial charge in [-0.1, -0.05) is 41.9 Å². The average molecular weight is 434 g/mol. The number of halogens is 1. The highest BCUT2D eigenvalue weighted by Gasteiger charge is 2.36. The van der Waals surface area contributed by atoms with Gasteiger partial charge in [0.05, 0.1) is 4.90 Å². The zero-order valence-electron chi connectivity index (χ0n) is 16.0. The second kappa shape index (κ2) is 8.44. The van der Waals surface area contributed by atoms with Crippen LogP contribution in [0.1, 0.15) is 24.4 Å². The second-order valence-corrected chi connectivity index (χ2v) is 9.86. The molecule has 0 radical (unpaired) electrons. The molecule has 6 nitrogen and oxygen atoms in total. The molecule has 2 aromatic rings. The van der Waals surface area contributed by atoms with E-state index in [0.717, 1.165) is 18.4 Å². The van der Waals surface area contributed by atoms with Crippen LogP contribution in [0.4, 0.5) is 0 Å². The van der Waals surface area contributed by atoms with Gasteiger partial charge in [0.15, 0.2) is 0 Å². The van der Waals surface area contributed by atoms with Gasteiger partial charge in [0.25, 0.3) is 0 Å². The summed E-state index contributed by atoms with van der Waals surface area (Å²) in [6, 6.07) is 15.8. The first-order chi connectivity index (χ1) is 13.9. The van der Waals surface area contributed by atoms with Gasteiger partial charge in [-0.3, -0.25) is 9.69 Å². The van der Waals surface area contributed by atoms with E-state index in [2.05, 4.69) is 10.2 Å². The van der Waals surface area contributed by atoms with Crippen LogP contribution in [0.5, 0.6) is 0 Å². The third-order valence-corrected chi connectivity index (χ3v) is 7.54. The fourth-order valence-corrected chi connectivity index (χ4v) is 5.18. The SMILES string of the molecule is O=C(NC1CC1)[C@H](c1ccccc1)N1CCN(S(=O)(=O)c2ccc(Cl)cc2)CC1. The standard InChI is InChI=1S/C21H24ClN3O3S/c22-17-6-10-19(11-7-17)29(27,28)25-14-12-24(13-15-25)20(16-4-2-1-3-5-16)21(26)23-18-8-9-18/h1-7,10-11,18,20H,8-9,12-15H2,(H,23,26)/t20-/m0/s1. The van der Waals surface area contributed by atoms with E-state index in [1.54, 1.807) is 12.1 Å². The Labute approximate surface area is 176 Å². The summed E-state index contributed by atoms with van der Waals surface area (Å²) in [5.41, 5.74) is 0.930. The smallest absolute Gasteiger partial charge is 0.243 e. The van der Waals surface area contributed by atoms with Crippen LogP contribution in [-0.2, 0) is 14.8 Å². The van der Waals surface area contributed by atoms with E-state index in [0.29, 0.717) is 31.2 Å². The molecule has 1 atom stereocenters. The van der Waals surface area contributed by atoms with Crippen LogP contribution < -0.4 is 5.32 Å². The molecule has 1 heterocycles. The molecular weight excluding hydrogens is 410 g/mol. The van der Waals surface area contributed by atoms with Crippen LogP contribution in [0.25, 0.3) is 0 Å². The molecule has 2 aliphatic rings. The quantitative estimate of drug-likeness (QED) is 0.760. The van der Waals surface area contributed by atoms with Gasteiger partial charge in [-0.2, -0.15) is 4.31 Å². The van der Waals surface area contributed by atoms with E-state index in [4.69, 9.17) is 11.6 Å². The summed E-state index contributed by atoms with van der Waals surface area (Å²) in [6.45, 7) is 1.66. The number of carbonyl (C=O) groups excluding carboxylic acids is 1. The number of nitrogens with zero attached hydrogens (tertiary/aromatic N) is 2. The van der Waals surface area contributed by atoms with Crippen molar-refractivity contribution < 1.29 is 13.2 Å². The van der Waals surface area contributed by atoms with Crippen LogP contribution >= 0.6 is 11.6 Å². The van der Waals surface area contributed by atoms with E-state index >= 15 is 0 Å². The second-order valence-electron chi connectivity index (χ2n) is 7.49. The molecule has 8 heteroatoms. The zero-order valence-corrected chi connectivity index (χ0v) is 17.6. The number of nitrogens with one attached hydrogen (secondary N) is 1. The van der Waals surface area contributed by atoms with Gasteiger partial charge in [0.1, 0.15) is 6.04 Å². The van der Waals surface area contributed by atoms with Crippen molar-refractivity contribution in [2.24, 2.45) is 0 Å². The monoisotopic (exact) mass is 433 g/mol. The van der Waals surface area contributed by atoms with Crippen molar-refractivity contribution in [3.63, 3.8) is 0 Å². The maximum absolute atomic E-state index is 12.9. The molecule has 0 bridgehead atoms. The molecule has 1 N–H and O–H groups in total. The molecule has 4 rings (SSSR count). The Hall–Kier alpha value is -1.93. The maximum Gasteiger partial charge on any atom is 0.243 e. The zero-order chi connectivity index (χ0) is 20.4. The summed E-state index contributed by atoms with van der Waals surface area (Å²) in [7, 11) is -3.57. The molecule has 0 spiro atoms. The Kier molecular flexibility index (Phi) is 5.92. The Balaban J connectivity index is 1.48. The number of hydrogen-bond acceptors (Lipinski definition) is 4. The van der Waals surface area contributed by atoms with Crippen LogP contribution in [0.3, 0.4) is 0 Å². The van der Waals surface area contributed by atoms with Crippen molar-refractivity contribution in [1.29, 1.82) is 0 Å². The minimum absolute atomic E-state index is 0.00675. The summed E-state index contributed by atoms with van der Waals surface area (Å²) < 4.78 is 27.3. The minimum Gasteiger partial charge on any atom is -0.352 e. The Morgan fingerprint density at radius 2 is 1.59 bits per heavy atom. The molecule has 0 aromatic heterocycles. The molecule has 154 valence electrons. The van der Waals surface area contributed by atoms with Crippen LogP contribution in [0.15, 0.2) is 59.5 Å². The highest BCUT2D eigenvalue weighted by molar-refractivity contribution is 7.89. The highest BCUT2D eigenvalue weighted by atomic mass is 35.5. The number of piperazine rings is 1. The molecule has 0 unspecified atom stereocenters. The molecule has 1 amide bonds. The van der Waals surface area contributed by atoms with E-state index in [-0.39, 0.29) is 16.8 Å². The first-order valence-corrected chi connectivity index (χ1v) is 11.6. The number of amides is 1. The third-order valence-electron chi connectivity index (χ3n) is 5.38. The third kappa shape index (κ3) is 4.64. The molecule has 2 fully saturated rings. The normalized spacial score (nSPS) is 19.6. The number of benzene rings is 2. The maximum atomic E-state index is 12.9. The number of carbonyl (C=O) groups is 1. The van der Waals surface area contributed by atoms with Gasteiger partial charge in [0, 0.05) is 37.2 Å². The lowest BCUT2D eigenvalue weighted by molar-refractivity contribution is -0.127. The van der Waals surface area contributed by atoms with Crippen molar-refractivity contribution >= 4 is 27.5 Å². The van der Waals surface area contributed by atoms with Gasteiger partial charge < -0.3 is 5.32 Å². The van der Waals surface area contributed by atoms with Crippen molar-refractivity contribution in [1.82, 2.24) is 14.5 Å². The molecule has 29 heavy (non-hydrogen) atoms. The number of hydrogen-bond donors (Lipinski definition) is 1. The summed E-state index contributed by atoms with van der Waals surface area (Å²) in [5, 5.41) is 3.60. The summed E-state index contributed by atoms with van der Waals surface area (Å²) >= 11 is 5.88. The van der Waals surface area contributed by atoms with Gasteiger partial charge >= 0.3 is 0 Å². The predicted octanol–water partition coefficient (Wildman–Crippen LogP) is 2.67. The lowest BCUT2D eigenvalue weighted by Gasteiger charge is -2.38. The number of sulfonamides is 1. The van der Waals surface area contributed by atoms with E-state index < -0.39 is 16.1 Å². The average Bonchev–Trinajstić information content (AvgIpc) is 3.54. The Bertz CT molecular complexity index is 954. The van der Waals surface area contributed by atoms with Gasteiger partial charge in [-0.15, -0.1) is 0 Å². The molecule has 1 aliphatic heterocycles.